The molecule has 24 heavy (non-hydrogen) atoms. The molecular formula is C16H22N6O2. The Bertz CT molecular complexity index is 809. The highest BCUT2D eigenvalue weighted by Crippen LogP contribution is 2.17. The zero-order valence-corrected chi connectivity index (χ0v) is 14.2. The maximum atomic E-state index is 12.4. The minimum Gasteiger partial charge on any atom is -0.353 e. The number of hydrogen-bond acceptors (Lipinski definition) is 5. The lowest BCUT2D eigenvalue weighted by Gasteiger charge is -2.33. The van der Waals surface area contributed by atoms with Gasteiger partial charge in [0.05, 0.1) is 11.3 Å². The molecule has 1 N–H and O–H groups in total. The molecule has 1 amide bonds. The number of anilines is 1. The molecule has 3 rings (SSSR count). The van der Waals surface area contributed by atoms with Crippen LogP contribution in [0.5, 0.6) is 0 Å². The van der Waals surface area contributed by atoms with Gasteiger partial charge >= 0.3 is 0 Å². The van der Waals surface area contributed by atoms with Crippen molar-refractivity contribution < 1.29 is 4.79 Å². The molecule has 1 saturated heterocycles. The predicted octanol–water partition coefficient (Wildman–Crippen LogP) is 0.221. The lowest BCUT2D eigenvalue weighted by atomic mass is 10.1. The van der Waals surface area contributed by atoms with Crippen molar-refractivity contribution in [1.29, 1.82) is 0 Å². The van der Waals surface area contributed by atoms with Crippen molar-refractivity contribution in [3.05, 3.63) is 39.9 Å². The summed E-state index contributed by atoms with van der Waals surface area (Å²) >= 11 is 0. The number of hydrogen-bond donors (Lipinski definition) is 1. The second-order valence-corrected chi connectivity index (χ2v) is 6.21. The van der Waals surface area contributed by atoms with Gasteiger partial charge in [0.2, 0.25) is 0 Å². The van der Waals surface area contributed by atoms with Crippen LogP contribution >= 0.6 is 0 Å². The van der Waals surface area contributed by atoms with Crippen molar-refractivity contribution in [2.45, 2.75) is 25.8 Å². The van der Waals surface area contributed by atoms with Crippen LogP contribution < -0.4 is 15.8 Å². The summed E-state index contributed by atoms with van der Waals surface area (Å²) in [6.07, 6.45) is 3.62. The number of nitrogens with zero attached hydrogens (tertiary/aromatic N) is 5. The van der Waals surface area contributed by atoms with E-state index in [0.29, 0.717) is 12.1 Å². The fourth-order valence-corrected chi connectivity index (χ4v) is 3.05. The molecule has 1 aliphatic rings. The smallest absolute Gasteiger partial charge is 0.266 e. The average Bonchev–Trinajstić information content (AvgIpc) is 2.89. The fraction of sp³-hybridized carbons (Fsp3) is 0.500. The molecule has 1 fully saturated rings. The molecule has 1 aliphatic heterocycles. The van der Waals surface area contributed by atoms with Gasteiger partial charge in [0.15, 0.2) is 0 Å². The number of rotatable bonds is 3. The first kappa shape index (κ1) is 16.2. The summed E-state index contributed by atoms with van der Waals surface area (Å²) < 4.78 is 2.97. The van der Waals surface area contributed by atoms with E-state index in [1.807, 2.05) is 6.92 Å². The minimum atomic E-state index is -0.132. The molecule has 1 atom stereocenters. The van der Waals surface area contributed by atoms with Gasteiger partial charge in [0.25, 0.3) is 11.5 Å². The summed E-state index contributed by atoms with van der Waals surface area (Å²) in [6.45, 7) is 3.37. The summed E-state index contributed by atoms with van der Waals surface area (Å²) in [6, 6.07) is 3.30. The molecule has 8 nitrogen and oxygen atoms in total. The molecule has 1 unspecified atom stereocenters. The van der Waals surface area contributed by atoms with E-state index in [1.165, 1.54) is 10.7 Å². The SMILES string of the molecule is Cc1nn(C)cc1C(=O)NC1CCCN(c2ccc(=O)n(C)n2)C1. The lowest BCUT2D eigenvalue weighted by Crippen LogP contribution is -2.48. The predicted molar refractivity (Wildman–Crippen MR) is 90.1 cm³/mol. The summed E-state index contributed by atoms with van der Waals surface area (Å²) in [5.74, 6) is 0.662. The fourth-order valence-electron chi connectivity index (χ4n) is 3.05. The van der Waals surface area contributed by atoms with Gasteiger partial charge in [-0.05, 0) is 25.8 Å². The van der Waals surface area contributed by atoms with E-state index in [2.05, 4.69) is 20.4 Å². The molecule has 0 saturated carbocycles. The average molecular weight is 330 g/mol. The van der Waals surface area contributed by atoms with Crippen LogP contribution in [0.4, 0.5) is 5.82 Å². The first-order valence-corrected chi connectivity index (χ1v) is 8.04. The van der Waals surface area contributed by atoms with Crippen LogP contribution in [0, 0.1) is 6.92 Å². The Hall–Kier alpha value is -2.64. The van der Waals surface area contributed by atoms with Crippen molar-refractivity contribution in [2.24, 2.45) is 14.1 Å². The van der Waals surface area contributed by atoms with Crippen LogP contribution in [-0.2, 0) is 14.1 Å². The van der Waals surface area contributed by atoms with E-state index < -0.39 is 0 Å². The Morgan fingerprint density at radius 2 is 2.08 bits per heavy atom. The van der Waals surface area contributed by atoms with Crippen LogP contribution in [0.15, 0.2) is 23.1 Å². The van der Waals surface area contributed by atoms with Crippen molar-refractivity contribution in [3.63, 3.8) is 0 Å². The van der Waals surface area contributed by atoms with E-state index in [4.69, 9.17) is 0 Å². The van der Waals surface area contributed by atoms with Gasteiger partial charge in [-0.25, -0.2) is 4.68 Å². The molecule has 2 aromatic heterocycles. The number of aromatic nitrogens is 4. The van der Waals surface area contributed by atoms with Crippen molar-refractivity contribution in [3.8, 4) is 0 Å². The van der Waals surface area contributed by atoms with E-state index in [0.717, 1.165) is 30.9 Å². The summed E-state index contributed by atoms with van der Waals surface area (Å²) in [4.78, 5) is 26.0. The highest BCUT2D eigenvalue weighted by molar-refractivity contribution is 5.95. The topological polar surface area (TPSA) is 85.0 Å². The number of carbonyl (C=O) groups excluding carboxylic acids is 1. The van der Waals surface area contributed by atoms with Crippen molar-refractivity contribution in [1.82, 2.24) is 24.9 Å². The van der Waals surface area contributed by atoms with Crippen LogP contribution in [0.2, 0.25) is 0 Å². The lowest BCUT2D eigenvalue weighted by molar-refractivity contribution is 0.0932. The van der Waals surface area contributed by atoms with Crippen molar-refractivity contribution in [2.75, 3.05) is 18.0 Å². The first-order chi connectivity index (χ1) is 11.4. The van der Waals surface area contributed by atoms with Crippen molar-refractivity contribution >= 4 is 11.7 Å². The van der Waals surface area contributed by atoms with Gasteiger partial charge in [-0.15, -0.1) is 0 Å². The third-order valence-electron chi connectivity index (χ3n) is 4.29. The molecule has 2 aromatic rings. The molecule has 0 radical (unpaired) electrons. The van der Waals surface area contributed by atoms with E-state index in [9.17, 15) is 9.59 Å². The van der Waals surface area contributed by atoms with Gasteiger partial charge in [0, 0.05) is 45.5 Å². The quantitative estimate of drug-likeness (QED) is 0.870. The van der Waals surface area contributed by atoms with Gasteiger partial charge in [-0.1, -0.05) is 0 Å². The van der Waals surface area contributed by atoms with Gasteiger partial charge < -0.3 is 10.2 Å². The highest BCUT2D eigenvalue weighted by Gasteiger charge is 2.24. The maximum Gasteiger partial charge on any atom is 0.266 e. The Morgan fingerprint density at radius 3 is 2.75 bits per heavy atom. The second-order valence-electron chi connectivity index (χ2n) is 6.21. The minimum absolute atomic E-state index is 0.0462. The number of amides is 1. The zero-order chi connectivity index (χ0) is 17.3. The molecule has 128 valence electrons. The molecule has 0 spiro atoms. The van der Waals surface area contributed by atoms with Gasteiger partial charge in [-0.3, -0.25) is 14.3 Å². The third kappa shape index (κ3) is 3.32. The molecular weight excluding hydrogens is 308 g/mol. The van der Waals surface area contributed by atoms with E-state index in [-0.39, 0.29) is 17.5 Å². The number of nitrogens with one attached hydrogen (secondary N) is 1. The highest BCUT2D eigenvalue weighted by atomic mass is 16.2. The number of aryl methyl sites for hydroxylation is 3. The van der Waals surface area contributed by atoms with Gasteiger partial charge in [-0.2, -0.15) is 10.2 Å². The molecule has 3 heterocycles. The Kier molecular flexibility index (Phi) is 4.37. The van der Waals surface area contributed by atoms with Crippen LogP contribution in [0.1, 0.15) is 28.9 Å². The van der Waals surface area contributed by atoms with E-state index in [1.54, 1.807) is 31.0 Å². The second kappa shape index (κ2) is 6.46. The molecule has 0 aliphatic carbocycles. The number of piperidine rings is 1. The summed E-state index contributed by atoms with van der Waals surface area (Å²) in [7, 11) is 3.44. The monoisotopic (exact) mass is 330 g/mol. The summed E-state index contributed by atoms with van der Waals surface area (Å²) in [5, 5.41) is 11.6. The van der Waals surface area contributed by atoms with Gasteiger partial charge in [0.1, 0.15) is 5.82 Å². The largest absolute Gasteiger partial charge is 0.353 e. The van der Waals surface area contributed by atoms with Crippen LogP contribution in [-0.4, -0.2) is 44.6 Å². The number of carbonyl (C=O) groups is 1. The normalized spacial score (nSPS) is 17.8. The Balaban J connectivity index is 1.69. The zero-order valence-electron chi connectivity index (χ0n) is 14.2. The van der Waals surface area contributed by atoms with Crippen LogP contribution in [0.3, 0.4) is 0 Å². The third-order valence-corrected chi connectivity index (χ3v) is 4.29. The Morgan fingerprint density at radius 1 is 1.29 bits per heavy atom. The molecule has 0 bridgehead atoms. The maximum absolute atomic E-state index is 12.4. The van der Waals surface area contributed by atoms with Crippen LogP contribution in [0.25, 0.3) is 0 Å². The van der Waals surface area contributed by atoms with E-state index >= 15 is 0 Å². The molecule has 8 heteroatoms. The standard InChI is InChI=1S/C16H22N6O2/c1-11-13(10-20(2)18-11)16(24)17-12-5-4-8-22(9-12)14-6-7-15(23)21(3)19-14/h6-7,10,12H,4-5,8-9H2,1-3H3,(H,17,24). The first-order valence-electron chi connectivity index (χ1n) is 8.04. The summed E-state index contributed by atoms with van der Waals surface area (Å²) in [5.41, 5.74) is 1.20. The Labute approximate surface area is 140 Å². The molecule has 0 aromatic carbocycles.